The Balaban J connectivity index is 2.46. The highest BCUT2D eigenvalue weighted by Crippen LogP contribution is 2.44. The molecule has 0 amide bonds. The standard InChI is InChI=1S/C16H20N2/c1-11-9-10-14-15-12(11)7-6-8-13(15)17(4)16(2,3)18(14)5/h6-10H,1-5H3. The van der Waals surface area contributed by atoms with Gasteiger partial charge in [-0.3, -0.25) is 0 Å². The summed E-state index contributed by atoms with van der Waals surface area (Å²) < 4.78 is 0. The Hall–Kier alpha value is -1.70. The molecule has 94 valence electrons. The van der Waals surface area contributed by atoms with E-state index in [0.29, 0.717) is 0 Å². The number of rotatable bonds is 0. The molecule has 0 bridgehead atoms. The normalized spacial score (nSPS) is 17.4. The molecule has 0 atom stereocenters. The average Bonchev–Trinajstić information content (AvgIpc) is 2.36. The van der Waals surface area contributed by atoms with E-state index in [1.807, 2.05) is 0 Å². The second kappa shape index (κ2) is 3.41. The molecule has 2 aromatic rings. The molecule has 0 N–H and O–H groups in total. The van der Waals surface area contributed by atoms with E-state index < -0.39 is 0 Å². The molecule has 1 aliphatic rings. The van der Waals surface area contributed by atoms with Crippen LogP contribution in [0.4, 0.5) is 11.4 Å². The van der Waals surface area contributed by atoms with Crippen LogP contribution in [0, 0.1) is 6.92 Å². The molecule has 1 heterocycles. The van der Waals surface area contributed by atoms with Gasteiger partial charge in [0.25, 0.3) is 0 Å². The Morgan fingerprint density at radius 1 is 0.889 bits per heavy atom. The van der Waals surface area contributed by atoms with Gasteiger partial charge in [0, 0.05) is 30.9 Å². The van der Waals surface area contributed by atoms with Crippen LogP contribution in [0.15, 0.2) is 30.3 Å². The Morgan fingerprint density at radius 3 is 2.17 bits per heavy atom. The molecule has 0 aliphatic carbocycles. The lowest BCUT2D eigenvalue weighted by molar-refractivity contribution is 0.474. The van der Waals surface area contributed by atoms with Crippen LogP contribution in [0.2, 0.25) is 0 Å². The third-order valence-corrected chi connectivity index (χ3v) is 4.58. The monoisotopic (exact) mass is 240 g/mol. The van der Waals surface area contributed by atoms with Crippen molar-refractivity contribution >= 4 is 22.1 Å². The van der Waals surface area contributed by atoms with E-state index >= 15 is 0 Å². The Kier molecular flexibility index (Phi) is 2.16. The van der Waals surface area contributed by atoms with Gasteiger partial charge in [0.05, 0.1) is 0 Å². The fourth-order valence-corrected chi connectivity index (χ4v) is 2.89. The van der Waals surface area contributed by atoms with E-state index in [1.165, 1.54) is 27.7 Å². The van der Waals surface area contributed by atoms with Crippen molar-refractivity contribution in [1.82, 2.24) is 0 Å². The average molecular weight is 240 g/mol. The van der Waals surface area contributed by atoms with Crippen molar-refractivity contribution in [2.45, 2.75) is 26.4 Å². The van der Waals surface area contributed by atoms with Crippen LogP contribution in [-0.2, 0) is 0 Å². The van der Waals surface area contributed by atoms with Crippen molar-refractivity contribution in [2.75, 3.05) is 23.9 Å². The molecule has 3 rings (SSSR count). The van der Waals surface area contributed by atoms with Crippen LogP contribution in [0.3, 0.4) is 0 Å². The van der Waals surface area contributed by atoms with Gasteiger partial charge < -0.3 is 9.80 Å². The van der Waals surface area contributed by atoms with Crippen molar-refractivity contribution in [1.29, 1.82) is 0 Å². The molecule has 2 heteroatoms. The SMILES string of the molecule is Cc1ccc2c3c(cccc13)N(C)C(C)(C)N2C. The Labute approximate surface area is 109 Å². The molecule has 18 heavy (non-hydrogen) atoms. The predicted molar refractivity (Wildman–Crippen MR) is 79.6 cm³/mol. The topological polar surface area (TPSA) is 6.48 Å². The molecule has 0 saturated heterocycles. The van der Waals surface area contributed by atoms with E-state index in [0.717, 1.165) is 0 Å². The second-order valence-corrected chi connectivity index (χ2v) is 5.71. The molecule has 0 spiro atoms. The summed E-state index contributed by atoms with van der Waals surface area (Å²) in [5.74, 6) is 0. The van der Waals surface area contributed by atoms with Gasteiger partial charge in [-0.25, -0.2) is 0 Å². The van der Waals surface area contributed by atoms with Gasteiger partial charge in [0.2, 0.25) is 0 Å². The Morgan fingerprint density at radius 2 is 1.50 bits per heavy atom. The van der Waals surface area contributed by atoms with E-state index in [1.54, 1.807) is 0 Å². The summed E-state index contributed by atoms with van der Waals surface area (Å²) >= 11 is 0. The largest absolute Gasteiger partial charge is 0.352 e. The molecular weight excluding hydrogens is 220 g/mol. The first-order valence-electron chi connectivity index (χ1n) is 6.44. The highest BCUT2D eigenvalue weighted by molar-refractivity contribution is 6.07. The van der Waals surface area contributed by atoms with Gasteiger partial charge in [0.15, 0.2) is 0 Å². The van der Waals surface area contributed by atoms with Crippen molar-refractivity contribution in [3.63, 3.8) is 0 Å². The third kappa shape index (κ3) is 1.23. The number of hydrogen-bond donors (Lipinski definition) is 0. The quantitative estimate of drug-likeness (QED) is 0.691. The summed E-state index contributed by atoms with van der Waals surface area (Å²) in [6.07, 6.45) is 0. The summed E-state index contributed by atoms with van der Waals surface area (Å²) in [6, 6.07) is 11.1. The highest BCUT2D eigenvalue weighted by atomic mass is 15.4. The van der Waals surface area contributed by atoms with Crippen molar-refractivity contribution in [3.05, 3.63) is 35.9 Å². The van der Waals surface area contributed by atoms with Gasteiger partial charge in [-0.15, -0.1) is 0 Å². The lowest BCUT2D eigenvalue weighted by atomic mass is 9.95. The number of hydrogen-bond acceptors (Lipinski definition) is 2. The smallest absolute Gasteiger partial charge is 0.106 e. The molecule has 1 aliphatic heterocycles. The molecule has 0 unspecified atom stereocenters. The van der Waals surface area contributed by atoms with Crippen molar-refractivity contribution < 1.29 is 0 Å². The first-order valence-corrected chi connectivity index (χ1v) is 6.44. The fraction of sp³-hybridized carbons (Fsp3) is 0.375. The van der Waals surface area contributed by atoms with Gasteiger partial charge in [-0.05, 0) is 43.9 Å². The van der Waals surface area contributed by atoms with Crippen LogP contribution >= 0.6 is 0 Å². The summed E-state index contributed by atoms with van der Waals surface area (Å²) in [4.78, 5) is 4.73. The van der Waals surface area contributed by atoms with Crippen LogP contribution in [0.1, 0.15) is 19.4 Å². The maximum absolute atomic E-state index is 2.36. The summed E-state index contributed by atoms with van der Waals surface area (Å²) in [5, 5.41) is 2.74. The minimum atomic E-state index is -0.00343. The van der Waals surface area contributed by atoms with Crippen LogP contribution in [-0.4, -0.2) is 19.8 Å². The number of anilines is 2. The maximum Gasteiger partial charge on any atom is 0.106 e. The minimum Gasteiger partial charge on any atom is -0.352 e. The zero-order chi connectivity index (χ0) is 13.1. The zero-order valence-corrected chi connectivity index (χ0v) is 11.8. The second-order valence-electron chi connectivity index (χ2n) is 5.71. The zero-order valence-electron chi connectivity index (χ0n) is 11.8. The van der Waals surface area contributed by atoms with Crippen LogP contribution in [0.25, 0.3) is 10.8 Å². The predicted octanol–water partition coefficient (Wildman–Crippen LogP) is 3.77. The minimum absolute atomic E-state index is 0.00343. The lowest BCUT2D eigenvalue weighted by Gasteiger charge is -2.50. The molecule has 0 saturated carbocycles. The van der Waals surface area contributed by atoms with E-state index in [2.05, 4.69) is 75.0 Å². The van der Waals surface area contributed by atoms with Crippen LogP contribution in [0.5, 0.6) is 0 Å². The number of nitrogens with zero attached hydrogens (tertiary/aromatic N) is 2. The van der Waals surface area contributed by atoms with Gasteiger partial charge >= 0.3 is 0 Å². The van der Waals surface area contributed by atoms with Crippen LogP contribution < -0.4 is 9.80 Å². The first-order chi connectivity index (χ1) is 8.44. The molecule has 0 fully saturated rings. The van der Waals surface area contributed by atoms with Crippen molar-refractivity contribution in [3.8, 4) is 0 Å². The Bertz CT molecular complexity index is 610. The molecule has 0 radical (unpaired) electrons. The summed E-state index contributed by atoms with van der Waals surface area (Å²) in [5.41, 5.74) is 4.00. The molecule has 2 aromatic carbocycles. The van der Waals surface area contributed by atoms with Gasteiger partial charge in [0.1, 0.15) is 5.66 Å². The first kappa shape index (κ1) is 11.4. The molecular formula is C16H20N2. The van der Waals surface area contributed by atoms with Gasteiger partial charge in [-0.2, -0.15) is 0 Å². The van der Waals surface area contributed by atoms with Gasteiger partial charge in [-0.1, -0.05) is 18.2 Å². The molecule has 0 aromatic heterocycles. The number of benzene rings is 2. The summed E-state index contributed by atoms with van der Waals surface area (Å²) in [7, 11) is 4.35. The van der Waals surface area contributed by atoms with E-state index in [4.69, 9.17) is 0 Å². The molecule has 2 nitrogen and oxygen atoms in total. The highest BCUT2D eigenvalue weighted by Gasteiger charge is 2.35. The third-order valence-electron chi connectivity index (χ3n) is 4.58. The fourth-order valence-electron chi connectivity index (χ4n) is 2.89. The summed E-state index contributed by atoms with van der Waals surface area (Å²) in [6.45, 7) is 6.70. The van der Waals surface area contributed by atoms with E-state index in [9.17, 15) is 0 Å². The van der Waals surface area contributed by atoms with Crippen molar-refractivity contribution in [2.24, 2.45) is 0 Å². The maximum atomic E-state index is 2.36. The lowest BCUT2D eigenvalue weighted by Crippen LogP contribution is -2.56. The number of aryl methyl sites for hydroxylation is 1. The van der Waals surface area contributed by atoms with E-state index in [-0.39, 0.29) is 5.66 Å².